The molecule has 0 bridgehead atoms. The molecule has 0 unspecified atom stereocenters. The lowest BCUT2D eigenvalue weighted by molar-refractivity contribution is 0.0947. The summed E-state index contributed by atoms with van der Waals surface area (Å²) in [6.45, 7) is 1.93. The van der Waals surface area contributed by atoms with Gasteiger partial charge in [-0.25, -0.2) is 13.6 Å². The lowest BCUT2D eigenvalue weighted by Gasteiger charge is -2.03. The molecular weight excluding hydrogens is 244 g/mol. The van der Waals surface area contributed by atoms with Crippen LogP contribution >= 0.6 is 0 Å². The van der Waals surface area contributed by atoms with Crippen molar-refractivity contribution in [3.8, 4) is 0 Å². The molecule has 3 N–H and O–H groups in total. The Morgan fingerprint density at radius 2 is 2.24 bits per heavy atom. The third kappa shape index (κ3) is 4.16. The van der Waals surface area contributed by atoms with Gasteiger partial charge in [0.25, 0.3) is 5.91 Å². The molecule has 17 heavy (non-hydrogen) atoms. The summed E-state index contributed by atoms with van der Waals surface area (Å²) in [5, 5.41) is 11.4. The van der Waals surface area contributed by atoms with E-state index in [0.717, 1.165) is 12.1 Å². The number of nitrogens with two attached hydrogens (primary N) is 1. The molecule has 0 saturated heterocycles. The SMILES string of the molecule is CCc1cc(C(=O)NCCS(N)(=O)=O)n(C)n1. The minimum atomic E-state index is -3.55. The maximum absolute atomic E-state index is 11.7. The van der Waals surface area contributed by atoms with Gasteiger partial charge in [-0.05, 0) is 12.5 Å². The summed E-state index contributed by atoms with van der Waals surface area (Å²) in [4.78, 5) is 11.7. The molecule has 1 heterocycles. The van der Waals surface area contributed by atoms with Crippen LogP contribution in [0.15, 0.2) is 6.07 Å². The van der Waals surface area contributed by atoms with Crippen LogP contribution in [0, 0.1) is 0 Å². The quantitative estimate of drug-likeness (QED) is 0.708. The molecule has 1 aromatic rings. The lowest BCUT2D eigenvalue weighted by Crippen LogP contribution is -2.32. The van der Waals surface area contributed by atoms with Crippen molar-refractivity contribution in [2.75, 3.05) is 12.3 Å². The number of aryl methyl sites for hydroxylation is 2. The number of sulfonamides is 1. The Balaban J connectivity index is 2.61. The van der Waals surface area contributed by atoms with E-state index >= 15 is 0 Å². The zero-order valence-electron chi connectivity index (χ0n) is 9.80. The highest BCUT2D eigenvalue weighted by Gasteiger charge is 2.12. The number of carbonyl (C=O) groups is 1. The summed E-state index contributed by atoms with van der Waals surface area (Å²) in [5.41, 5.74) is 1.21. The number of nitrogens with zero attached hydrogens (tertiary/aromatic N) is 2. The first-order valence-corrected chi connectivity index (χ1v) is 6.86. The predicted molar refractivity (Wildman–Crippen MR) is 62.9 cm³/mol. The Labute approximate surface area is 100 Å². The average Bonchev–Trinajstić information content (AvgIpc) is 2.57. The van der Waals surface area contributed by atoms with Gasteiger partial charge in [0.1, 0.15) is 5.69 Å². The number of hydrogen-bond donors (Lipinski definition) is 2. The number of carbonyl (C=O) groups excluding carboxylic acids is 1. The van der Waals surface area contributed by atoms with Crippen molar-refractivity contribution >= 4 is 15.9 Å². The molecule has 0 aliphatic heterocycles. The molecule has 1 amide bonds. The van der Waals surface area contributed by atoms with Crippen LogP contribution in [0.5, 0.6) is 0 Å². The maximum atomic E-state index is 11.7. The summed E-state index contributed by atoms with van der Waals surface area (Å²) >= 11 is 0. The van der Waals surface area contributed by atoms with E-state index in [1.54, 1.807) is 13.1 Å². The van der Waals surface area contributed by atoms with Crippen molar-refractivity contribution in [2.24, 2.45) is 12.2 Å². The van der Waals surface area contributed by atoms with E-state index < -0.39 is 10.0 Å². The van der Waals surface area contributed by atoms with Crippen LogP contribution in [-0.2, 0) is 23.5 Å². The Morgan fingerprint density at radius 3 is 2.71 bits per heavy atom. The molecule has 1 rings (SSSR count). The number of hydrogen-bond acceptors (Lipinski definition) is 4. The first-order chi connectivity index (χ1) is 7.83. The van der Waals surface area contributed by atoms with E-state index in [1.165, 1.54) is 4.68 Å². The highest BCUT2D eigenvalue weighted by Crippen LogP contribution is 2.03. The van der Waals surface area contributed by atoms with Gasteiger partial charge in [0.05, 0.1) is 11.4 Å². The number of amides is 1. The van der Waals surface area contributed by atoms with Crippen LogP contribution in [0.25, 0.3) is 0 Å². The van der Waals surface area contributed by atoms with E-state index in [4.69, 9.17) is 5.14 Å². The van der Waals surface area contributed by atoms with Gasteiger partial charge in [-0.3, -0.25) is 9.48 Å². The molecule has 0 aromatic carbocycles. The standard InChI is InChI=1S/C9H16N4O3S/c1-3-7-6-8(13(2)12-7)9(14)11-4-5-17(10,15)16/h6H,3-5H2,1-2H3,(H,11,14)(H2,10,15,16). The summed E-state index contributed by atoms with van der Waals surface area (Å²) in [5.74, 6) is -0.639. The van der Waals surface area contributed by atoms with E-state index in [-0.39, 0.29) is 18.2 Å². The molecule has 96 valence electrons. The van der Waals surface area contributed by atoms with Crippen molar-refractivity contribution in [3.63, 3.8) is 0 Å². The highest BCUT2D eigenvalue weighted by atomic mass is 32.2. The molecule has 7 nitrogen and oxygen atoms in total. The third-order valence-corrected chi connectivity index (χ3v) is 2.97. The summed E-state index contributed by atoms with van der Waals surface area (Å²) in [6.07, 6.45) is 0.734. The van der Waals surface area contributed by atoms with E-state index in [0.29, 0.717) is 5.69 Å². The number of rotatable bonds is 5. The minimum Gasteiger partial charge on any atom is -0.350 e. The lowest BCUT2D eigenvalue weighted by atomic mass is 10.3. The van der Waals surface area contributed by atoms with Gasteiger partial charge in [0.2, 0.25) is 10.0 Å². The topological polar surface area (TPSA) is 107 Å². The monoisotopic (exact) mass is 260 g/mol. The van der Waals surface area contributed by atoms with Crippen molar-refractivity contribution in [1.82, 2.24) is 15.1 Å². The highest BCUT2D eigenvalue weighted by molar-refractivity contribution is 7.89. The second-order valence-electron chi connectivity index (χ2n) is 3.62. The van der Waals surface area contributed by atoms with Gasteiger partial charge >= 0.3 is 0 Å². The normalized spacial score (nSPS) is 11.5. The largest absolute Gasteiger partial charge is 0.350 e. The Kier molecular flexibility index (Phi) is 4.24. The smallest absolute Gasteiger partial charge is 0.269 e. The van der Waals surface area contributed by atoms with Gasteiger partial charge in [0, 0.05) is 13.6 Å². The number of primary sulfonamides is 1. The molecule has 8 heteroatoms. The fourth-order valence-corrected chi connectivity index (χ4v) is 1.70. The number of nitrogens with one attached hydrogen (secondary N) is 1. The fourth-order valence-electron chi connectivity index (χ4n) is 1.31. The summed E-state index contributed by atoms with van der Waals surface area (Å²) < 4.78 is 22.8. The first kappa shape index (κ1) is 13.7. The van der Waals surface area contributed by atoms with E-state index in [9.17, 15) is 13.2 Å². The molecule has 0 atom stereocenters. The molecule has 0 fully saturated rings. The summed E-state index contributed by atoms with van der Waals surface area (Å²) in [7, 11) is -1.89. The molecule has 0 aliphatic rings. The average molecular weight is 260 g/mol. The van der Waals surface area contributed by atoms with Crippen molar-refractivity contribution < 1.29 is 13.2 Å². The maximum Gasteiger partial charge on any atom is 0.269 e. The van der Waals surface area contributed by atoms with Crippen LogP contribution in [0.3, 0.4) is 0 Å². The third-order valence-electron chi connectivity index (χ3n) is 2.20. The second-order valence-corrected chi connectivity index (χ2v) is 5.35. The zero-order chi connectivity index (χ0) is 13.1. The first-order valence-electron chi connectivity index (χ1n) is 5.15. The van der Waals surface area contributed by atoms with Crippen LogP contribution in [0.1, 0.15) is 23.1 Å². The minimum absolute atomic E-state index is 0.00962. The molecule has 0 spiro atoms. The molecular formula is C9H16N4O3S. The van der Waals surface area contributed by atoms with E-state index in [1.807, 2.05) is 6.92 Å². The Morgan fingerprint density at radius 1 is 1.59 bits per heavy atom. The fraction of sp³-hybridized carbons (Fsp3) is 0.556. The van der Waals surface area contributed by atoms with Crippen molar-refractivity contribution in [3.05, 3.63) is 17.5 Å². The second kappa shape index (κ2) is 5.28. The Bertz CT molecular complexity index is 506. The van der Waals surface area contributed by atoms with Crippen molar-refractivity contribution in [2.45, 2.75) is 13.3 Å². The zero-order valence-corrected chi connectivity index (χ0v) is 10.6. The van der Waals surface area contributed by atoms with Gasteiger partial charge in [-0.15, -0.1) is 0 Å². The molecule has 0 saturated carbocycles. The van der Waals surface area contributed by atoms with Crippen LogP contribution in [0.4, 0.5) is 0 Å². The molecule has 0 aliphatic carbocycles. The van der Waals surface area contributed by atoms with Crippen molar-refractivity contribution in [1.29, 1.82) is 0 Å². The Hall–Kier alpha value is -1.41. The van der Waals surface area contributed by atoms with Gasteiger partial charge in [0.15, 0.2) is 0 Å². The van der Waals surface area contributed by atoms with Gasteiger partial charge in [-0.1, -0.05) is 6.92 Å². The number of aromatic nitrogens is 2. The predicted octanol–water partition coefficient (Wildman–Crippen LogP) is -0.999. The van der Waals surface area contributed by atoms with Crippen LogP contribution < -0.4 is 10.5 Å². The van der Waals surface area contributed by atoms with E-state index in [2.05, 4.69) is 10.4 Å². The van der Waals surface area contributed by atoms with Crippen LogP contribution in [-0.4, -0.2) is 36.4 Å². The molecule has 0 radical (unpaired) electrons. The van der Waals surface area contributed by atoms with Gasteiger partial charge < -0.3 is 5.32 Å². The van der Waals surface area contributed by atoms with Crippen LogP contribution in [0.2, 0.25) is 0 Å². The molecule has 1 aromatic heterocycles. The van der Waals surface area contributed by atoms with Gasteiger partial charge in [-0.2, -0.15) is 5.10 Å². The summed E-state index contributed by atoms with van der Waals surface area (Å²) in [6, 6.07) is 1.67.